The van der Waals surface area contributed by atoms with Gasteiger partial charge in [0.1, 0.15) is 0 Å². The highest BCUT2D eigenvalue weighted by molar-refractivity contribution is 6.13. The van der Waals surface area contributed by atoms with Gasteiger partial charge >= 0.3 is 11.9 Å². The molecular weight excluding hydrogens is 396 g/mol. The zero-order chi connectivity index (χ0) is 21.8. The van der Waals surface area contributed by atoms with Gasteiger partial charge in [-0.1, -0.05) is 6.07 Å². The molecule has 0 aliphatic carbocycles. The Labute approximate surface area is 170 Å². The molecule has 10 heteroatoms. The minimum Gasteiger partial charge on any atom is -0.493 e. The van der Waals surface area contributed by atoms with Crippen molar-refractivity contribution < 1.29 is 33.5 Å². The molecule has 154 valence electrons. The summed E-state index contributed by atoms with van der Waals surface area (Å²) >= 11 is 0. The minimum absolute atomic E-state index is 0.0270. The first kappa shape index (κ1) is 20.5. The Hall–Kier alpha value is -4.21. The number of nitrogens with zero attached hydrogens (tertiary/aromatic N) is 2. The van der Waals surface area contributed by atoms with Crippen molar-refractivity contribution in [3.63, 3.8) is 0 Å². The van der Waals surface area contributed by atoms with Crippen molar-refractivity contribution >= 4 is 29.6 Å². The van der Waals surface area contributed by atoms with Crippen LogP contribution in [0.15, 0.2) is 47.1 Å². The van der Waals surface area contributed by atoms with Gasteiger partial charge in [0.05, 0.1) is 19.1 Å². The van der Waals surface area contributed by atoms with E-state index in [4.69, 9.17) is 18.9 Å². The number of hydrogen-bond acceptors (Lipinski definition) is 9. The second-order valence-electron chi connectivity index (χ2n) is 5.99. The summed E-state index contributed by atoms with van der Waals surface area (Å²) in [6.07, 6.45) is 1.43. The Morgan fingerprint density at radius 2 is 1.83 bits per heavy atom. The van der Waals surface area contributed by atoms with E-state index in [0.29, 0.717) is 11.1 Å². The molecule has 0 amide bonds. The number of non-ortho nitro benzene ring substituents is 1. The summed E-state index contributed by atoms with van der Waals surface area (Å²) in [6.45, 7) is 1.24. The summed E-state index contributed by atoms with van der Waals surface area (Å²) < 4.78 is 20.8. The molecule has 0 spiro atoms. The molecule has 0 saturated heterocycles. The quantitative estimate of drug-likeness (QED) is 0.233. The van der Waals surface area contributed by atoms with Crippen LogP contribution in [0.4, 0.5) is 5.69 Å². The predicted molar refractivity (Wildman–Crippen MR) is 105 cm³/mol. The standard InChI is InChI=1S/C20H16N2O8/c1-11(23)29-18-16(27-2)8-12(9-17(18)28-3)7-15-20(24)30-19(21-15)13-5-4-6-14(10-13)22(25)26/h4-10H,1-3H3. The lowest BCUT2D eigenvalue weighted by atomic mass is 10.1. The molecule has 0 aromatic heterocycles. The van der Waals surface area contributed by atoms with Crippen molar-refractivity contribution in [3.05, 3.63) is 63.3 Å². The molecule has 1 aliphatic rings. The summed E-state index contributed by atoms with van der Waals surface area (Å²) in [4.78, 5) is 38.1. The van der Waals surface area contributed by atoms with Crippen LogP contribution in [0.2, 0.25) is 0 Å². The summed E-state index contributed by atoms with van der Waals surface area (Å²) in [6, 6.07) is 8.65. The molecule has 0 atom stereocenters. The molecule has 3 rings (SSSR count). The number of cyclic esters (lactones) is 1. The molecule has 0 fully saturated rings. The third kappa shape index (κ3) is 4.27. The fourth-order valence-electron chi connectivity index (χ4n) is 2.67. The number of nitro groups is 1. The number of aliphatic imine (C=N–C) groups is 1. The highest BCUT2D eigenvalue weighted by Crippen LogP contribution is 2.39. The zero-order valence-electron chi connectivity index (χ0n) is 16.2. The van der Waals surface area contributed by atoms with Crippen LogP contribution in [-0.2, 0) is 14.3 Å². The van der Waals surface area contributed by atoms with Gasteiger partial charge in [0.2, 0.25) is 11.6 Å². The first-order chi connectivity index (χ1) is 14.3. The second kappa shape index (κ2) is 8.43. The third-order valence-corrected chi connectivity index (χ3v) is 3.96. The molecule has 0 N–H and O–H groups in total. The molecule has 2 aromatic carbocycles. The lowest BCUT2D eigenvalue weighted by Gasteiger charge is -2.13. The van der Waals surface area contributed by atoms with Crippen LogP contribution in [0, 0.1) is 10.1 Å². The molecule has 0 bridgehead atoms. The molecule has 30 heavy (non-hydrogen) atoms. The van der Waals surface area contributed by atoms with Gasteiger partial charge in [-0.15, -0.1) is 0 Å². The molecule has 10 nitrogen and oxygen atoms in total. The van der Waals surface area contributed by atoms with Crippen LogP contribution >= 0.6 is 0 Å². The van der Waals surface area contributed by atoms with Crippen molar-refractivity contribution in [2.24, 2.45) is 4.99 Å². The number of benzene rings is 2. The Morgan fingerprint density at radius 3 is 2.40 bits per heavy atom. The third-order valence-electron chi connectivity index (χ3n) is 3.96. The van der Waals surface area contributed by atoms with E-state index in [-0.39, 0.29) is 34.5 Å². The summed E-state index contributed by atoms with van der Waals surface area (Å²) in [7, 11) is 2.78. The second-order valence-corrected chi connectivity index (χ2v) is 5.99. The maximum absolute atomic E-state index is 12.2. The average molecular weight is 412 g/mol. The predicted octanol–water partition coefficient (Wildman–Crippen LogP) is 2.88. The fraction of sp³-hybridized carbons (Fsp3) is 0.150. The van der Waals surface area contributed by atoms with E-state index in [9.17, 15) is 19.7 Å². The van der Waals surface area contributed by atoms with E-state index in [2.05, 4.69) is 4.99 Å². The number of carbonyl (C=O) groups is 2. The smallest absolute Gasteiger partial charge is 0.363 e. The molecule has 2 aromatic rings. The lowest BCUT2D eigenvalue weighted by molar-refractivity contribution is -0.384. The van der Waals surface area contributed by atoms with Crippen molar-refractivity contribution in [1.29, 1.82) is 0 Å². The number of rotatable bonds is 6. The van der Waals surface area contributed by atoms with Crippen molar-refractivity contribution in [1.82, 2.24) is 0 Å². The SMILES string of the molecule is COc1cc(C=C2N=C(c3cccc([N+](=O)[O-])c3)OC2=O)cc(OC)c1OC(C)=O. The Balaban J connectivity index is 2.00. The van der Waals surface area contributed by atoms with E-state index < -0.39 is 16.9 Å². The van der Waals surface area contributed by atoms with E-state index in [1.165, 1.54) is 57.6 Å². The maximum atomic E-state index is 12.2. The van der Waals surface area contributed by atoms with Gasteiger partial charge in [-0.25, -0.2) is 9.79 Å². The highest BCUT2D eigenvalue weighted by Gasteiger charge is 2.26. The summed E-state index contributed by atoms with van der Waals surface area (Å²) in [5, 5.41) is 10.9. The first-order valence-electron chi connectivity index (χ1n) is 8.54. The van der Waals surface area contributed by atoms with Gasteiger partial charge in [-0.3, -0.25) is 14.9 Å². The average Bonchev–Trinajstić information content (AvgIpc) is 3.08. The van der Waals surface area contributed by atoms with Crippen LogP contribution in [0.1, 0.15) is 18.1 Å². The van der Waals surface area contributed by atoms with E-state index in [1.807, 2.05) is 0 Å². The summed E-state index contributed by atoms with van der Waals surface area (Å²) in [5.41, 5.74) is 0.581. The number of carbonyl (C=O) groups excluding carboxylic acids is 2. The molecular formula is C20H16N2O8. The van der Waals surface area contributed by atoms with Gasteiger partial charge < -0.3 is 18.9 Å². The lowest BCUT2D eigenvalue weighted by Crippen LogP contribution is -2.06. The van der Waals surface area contributed by atoms with Crippen molar-refractivity contribution in [2.75, 3.05) is 14.2 Å². The topological polar surface area (TPSA) is 127 Å². The van der Waals surface area contributed by atoms with Gasteiger partial charge in [-0.05, 0) is 29.8 Å². The number of nitro benzene ring substituents is 1. The largest absolute Gasteiger partial charge is 0.493 e. The van der Waals surface area contributed by atoms with Gasteiger partial charge in [-0.2, -0.15) is 0 Å². The Bertz CT molecular complexity index is 1080. The monoisotopic (exact) mass is 412 g/mol. The van der Waals surface area contributed by atoms with Gasteiger partial charge in [0.25, 0.3) is 5.69 Å². The van der Waals surface area contributed by atoms with Crippen molar-refractivity contribution in [3.8, 4) is 17.2 Å². The summed E-state index contributed by atoms with van der Waals surface area (Å²) in [5.74, 6) is -0.798. The van der Waals surface area contributed by atoms with Crippen LogP contribution in [0.3, 0.4) is 0 Å². The molecule has 0 unspecified atom stereocenters. The number of methoxy groups -OCH3 is 2. The van der Waals surface area contributed by atoms with E-state index in [1.54, 1.807) is 6.07 Å². The van der Waals surface area contributed by atoms with Crippen molar-refractivity contribution in [2.45, 2.75) is 6.92 Å². The number of hydrogen-bond donors (Lipinski definition) is 0. The number of ether oxygens (including phenoxy) is 4. The van der Waals surface area contributed by atoms with Gasteiger partial charge in [0.15, 0.2) is 17.2 Å². The Kier molecular flexibility index (Phi) is 5.77. The fourth-order valence-corrected chi connectivity index (χ4v) is 2.67. The van der Waals surface area contributed by atoms with Crippen LogP contribution in [-0.4, -0.2) is 37.0 Å². The van der Waals surface area contributed by atoms with E-state index >= 15 is 0 Å². The van der Waals surface area contributed by atoms with Crippen LogP contribution < -0.4 is 14.2 Å². The number of esters is 2. The highest BCUT2D eigenvalue weighted by atomic mass is 16.6. The van der Waals surface area contributed by atoms with E-state index in [0.717, 1.165) is 0 Å². The van der Waals surface area contributed by atoms with Gasteiger partial charge in [0, 0.05) is 24.6 Å². The minimum atomic E-state index is -0.724. The zero-order valence-corrected chi connectivity index (χ0v) is 16.2. The first-order valence-corrected chi connectivity index (χ1v) is 8.54. The normalized spacial score (nSPS) is 14.2. The Morgan fingerprint density at radius 1 is 1.17 bits per heavy atom. The molecule has 0 saturated carbocycles. The van der Waals surface area contributed by atoms with Crippen LogP contribution in [0.25, 0.3) is 6.08 Å². The molecule has 1 heterocycles. The molecule has 0 radical (unpaired) electrons. The molecule has 1 aliphatic heterocycles. The van der Waals surface area contributed by atoms with Crippen LogP contribution in [0.5, 0.6) is 17.2 Å². The maximum Gasteiger partial charge on any atom is 0.363 e.